The summed E-state index contributed by atoms with van der Waals surface area (Å²) in [5, 5.41) is 15.6. The molecule has 134 valence electrons. The lowest BCUT2D eigenvalue weighted by Gasteiger charge is -2.34. The number of thiophene rings is 1. The van der Waals surface area contributed by atoms with Crippen molar-refractivity contribution in [3.63, 3.8) is 0 Å². The Morgan fingerprint density at radius 3 is 2.96 bits per heavy atom. The first-order valence-electron chi connectivity index (χ1n) is 8.89. The monoisotopic (exact) mass is 377 g/mol. The molecule has 1 aromatic rings. The maximum Gasteiger partial charge on any atom is 0.228 e. The van der Waals surface area contributed by atoms with Gasteiger partial charge < -0.3 is 14.9 Å². The van der Waals surface area contributed by atoms with Crippen molar-refractivity contribution in [3.8, 4) is 0 Å². The minimum atomic E-state index is -0.390. The van der Waals surface area contributed by atoms with Gasteiger partial charge in [-0.2, -0.15) is 0 Å². The summed E-state index contributed by atoms with van der Waals surface area (Å²) < 4.78 is 0. The van der Waals surface area contributed by atoms with Crippen LogP contribution in [0.3, 0.4) is 0 Å². The molecule has 0 radical (unpaired) electrons. The Labute approximate surface area is 156 Å². The second-order valence-corrected chi connectivity index (χ2v) is 8.57. The van der Waals surface area contributed by atoms with Crippen LogP contribution < -0.4 is 0 Å². The maximum absolute atomic E-state index is 12.7. The van der Waals surface area contributed by atoms with Crippen molar-refractivity contribution in [1.82, 2.24) is 9.80 Å². The fourth-order valence-corrected chi connectivity index (χ4v) is 5.45. The number of carbonyl (C=O) groups excluding carboxylic acids is 1. The molecule has 1 saturated heterocycles. The number of nitrogens with zero attached hydrogens (tertiary/aromatic N) is 3. The quantitative estimate of drug-likeness (QED) is 0.876. The van der Waals surface area contributed by atoms with E-state index < -0.39 is 6.10 Å². The third kappa shape index (κ3) is 3.64. The van der Waals surface area contributed by atoms with Crippen LogP contribution in [0.15, 0.2) is 33.6 Å². The standard InChI is InChI=1S/C18H23N3O2S2/c22-16(11-14-12-25-18-19-6-2-7-21(14)18)20-8-4-13(5-9-20)17(23)15-3-1-10-24-15/h1,3,10,12-13,17,23H,2,4-9,11H2. The van der Waals surface area contributed by atoms with E-state index in [4.69, 9.17) is 0 Å². The van der Waals surface area contributed by atoms with E-state index in [1.807, 2.05) is 22.4 Å². The molecule has 0 saturated carbocycles. The first kappa shape index (κ1) is 17.1. The lowest BCUT2D eigenvalue weighted by molar-refractivity contribution is -0.132. The normalized spacial score (nSPS) is 22.4. The van der Waals surface area contributed by atoms with Crippen LogP contribution in [0.2, 0.25) is 0 Å². The molecule has 0 spiro atoms. The second-order valence-electron chi connectivity index (χ2n) is 6.75. The zero-order valence-electron chi connectivity index (χ0n) is 14.1. The van der Waals surface area contributed by atoms with Crippen LogP contribution in [0, 0.1) is 5.92 Å². The van der Waals surface area contributed by atoms with Crippen molar-refractivity contribution >= 4 is 34.2 Å². The Kier molecular flexibility index (Phi) is 5.15. The Morgan fingerprint density at radius 1 is 1.36 bits per heavy atom. The molecular formula is C18H23N3O2S2. The van der Waals surface area contributed by atoms with Gasteiger partial charge in [-0.3, -0.25) is 9.79 Å². The highest BCUT2D eigenvalue weighted by atomic mass is 32.2. The molecule has 5 nitrogen and oxygen atoms in total. The first-order chi connectivity index (χ1) is 12.2. The lowest BCUT2D eigenvalue weighted by atomic mass is 9.90. The summed E-state index contributed by atoms with van der Waals surface area (Å²) in [6.45, 7) is 3.36. The van der Waals surface area contributed by atoms with E-state index in [0.717, 1.165) is 61.2 Å². The van der Waals surface area contributed by atoms with Crippen LogP contribution in [0.1, 0.15) is 36.7 Å². The second kappa shape index (κ2) is 7.51. The molecule has 4 heterocycles. The van der Waals surface area contributed by atoms with Crippen molar-refractivity contribution in [2.24, 2.45) is 10.9 Å². The van der Waals surface area contributed by atoms with Crippen LogP contribution in [-0.2, 0) is 4.79 Å². The number of carbonyl (C=O) groups is 1. The number of amides is 1. The fourth-order valence-electron chi connectivity index (χ4n) is 3.70. The summed E-state index contributed by atoms with van der Waals surface area (Å²) in [7, 11) is 0. The number of thioether (sulfide) groups is 1. The van der Waals surface area contributed by atoms with E-state index in [2.05, 4.69) is 15.3 Å². The molecule has 1 fully saturated rings. The van der Waals surface area contributed by atoms with Gasteiger partial charge in [0.2, 0.25) is 5.91 Å². The number of fused-ring (bicyclic) bond motifs is 1. The molecule has 0 bridgehead atoms. The number of amidine groups is 1. The topological polar surface area (TPSA) is 56.1 Å². The van der Waals surface area contributed by atoms with Crippen LogP contribution in [0.5, 0.6) is 0 Å². The molecule has 4 rings (SSSR count). The zero-order chi connectivity index (χ0) is 17.2. The van der Waals surface area contributed by atoms with Gasteiger partial charge in [-0.25, -0.2) is 0 Å². The van der Waals surface area contributed by atoms with Crippen LogP contribution in [0.4, 0.5) is 0 Å². The summed E-state index contributed by atoms with van der Waals surface area (Å²) in [5.41, 5.74) is 1.09. The predicted molar refractivity (Wildman–Crippen MR) is 102 cm³/mol. The van der Waals surface area contributed by atoms with E-state index >= 15 is 0 Å². The Morgan fingerprint density at radius 2 is 2.20 bits per heavy atom. The number of hydrogen-bond acceptors (Lipinski definition) is 6. The summed E-state index contributed by atoms with van der Waals surface area (Å²) in [6, 6.07) is 3.97. The van der Waals surface area contributed by atoms with Gasteiger partial charge in [0.1, 0.15) is 0 Å². The number of aliphatic imine (C=N–C) groups is 1. The van der Waals surface area contributed by atoms with E-state index in [-0.39, 0.29) is 11.8 Å². The number of likely N-dealkylation sites (tertiary alicyclic amines) is 1. The van der Waals surface area contributed by atoms with E-state index in [1.165, 1.54) is 0 Å². The molecule has 1 amide bonds. The summed E-state index contributed by atoms with van der Waals surface area (Å²) >= 11 is 3.24. The van der Waals surface area contributed by atoms with Gasteiger partial charge in [-0.15, -0.1) is 11.3 Å². The number of aliphatic hydroxyl groups excluding tert-OH is 1. The van der Waals surface area contributed by atoms with Crippen LogP contribution in [-0.4, -0.2) is 52.2 Å². The number of rotatable bonds is 4. The van der Waals surface area contributed by atoms with Crippen molar-refractivity contribution < 1.29 is 9.90 Å². The van der Waals surface area contributed by atoms with Crippen molar-refractivity contribution in [3.05, 3.63) is 33.5 Å². The van der Waals surface area contributed by atoms with Crippen LogP contribution in [0.25, 0.3) is 0 Å². The molecule has 25 heavy (non-hydrogen) atoms. The Balaban J connectivity index is 1.30. The highest BCUT2D eigenvalue weighted by Gasteiger charge is 2.31. The third-order valence-corrected chi connectivity index (χ3v) is 7.06. The zero-order valence-corrected chi connectivity index (χ0v) is 15.8. The van der Waals surface area contributed by atoms with Gasteiger partial charge in [0.05, 0.1) is 12.5 Å². The molecule has 3 aliphatic heterocycles. The highest BCUT2D eigenvalue weighted by Crippen LogP contribution is 2.34. The molecular weight excluding hydrogens is 354 g/mol. The van der Waals surface area contributed by atoms with Crippen LogP contribution >= 0.6 is 23.1 Å². The molecule has 1 N–H and O–H groups in total. The SMILES string of the molecule is O=C(CC1=CSC2=NCCCN12)N1CCC(C(O)c2cccs2)CC1. The van der Waals surface area contributed by atoms with E-state index in [1.54, 1.807) is 23.1 Å². The number of piperidine rings is 1. The van der Waals surface area contributed by atoms with E-state index in [0.29, 0.717) is 6.42 Å². The molecule has 1 unspecified atom stereocenters. The minimum absolute atomic E-state index is 0.197. The van der Waals surface area contributed by atoms with Gasteiger partial charge in [0, 0.05) is 36.8 Å². The number of aliphatic hydroxyl groups is 1. The van der Waals surface area contributed by atoms with Gasteiger partial charge in [0.25, 0.3) is 0 Å². The third-order valence-electron chi connectivity index (χ3n) is 5.17. The smallest absolute Gasteiger partial charge is 0.228 e. The summed E-state index contributed by atoms with van der Waals surface area (Å²) in [6.07, 6.45) is 2.87. The fraction of sp³-hybridized carbons (Fsp3) is 0.556. The molecule has 1 atom stereocenters. The molecule has 0 aliphatic carbocycles. The van der Waals surface area contributed by atoms with Gasteiger partial charge in [-0.05, 0) is 42.0 Å². The van der Waals surface area contributed by atoms with Gasteiger partial charge in [0.15, 0.2) is 5.17 Å². The highest BCUT2D eigenvalue weighted by molar-refractivity contribution is 8.16. The van der Waals surface area contributed by atoms with Gasteiger partial charge >= 0.3 is 0 Å². The summed E-state index contributed by atoms with van der Waals surface area (Å²) in [5.74, 6) is 0.451. The van der Waals surface area contributed by atoms with Crippen molar-refractivity contribution in [1.29, 1.82) is 0 Å². The van der Waals surface area contributed by atoms with E-state index in [9.17, 15) is 9.90 Å². The maximum atomic E-state index is 12.7. The molecule has 0 aromatic carbocycles. The largest absolute Gasteiger partial charge is 0.387 e. The Hall–Kier alpha value is -1.31. The molecule has 3 aliphatic rings. The number of hydrogen-bond donors (Lipinski definition) is 1. The molecule has 1 aromatic heterocycles. The minimum Gasteiger partial charge on any atom is -0.387 e. The Bertz CT molecular complexity index is 679. The van der Waals surface area contributed by atoms with Crippen molar-refractivity contribution in [2.75, 3.05) is 26.2 Å². The first-order valence-corrected chi connectivity index (χ1v) is 10.7. The molecule has 7 heteroatoms. The average molecular weight is 378 g/mol. The van der Waals surface area contributed by atoms with Crippen molar-refractivity contribution in [2.45, 2.75) is 31.8 Å². The summed E-state index contributed by atoms with van der Waals surface area (Å²) in [4.78, 5) is 22.4. The van der Waals surface area contributed by atoms with Gasteiger partial charge in [-0.1, -0.05) is 17.8 Å². The lowest BCUT2D eigenvalue weighted by Crippen LogP contribution is -2.41. The average Bonchev–Trinajstić information content (AvgIpc) is 3.32. The predicted octanol–water partition coefficient (Wildman–Crippen LogP) is 3.06.